The summed E-state index contributed by atoms with van der Waals surface area (Å²) in [5, 5.41) is 12.0. The molecule has 1 aromatic heterocycles. The maximum absolute atomic E-state index is 9.06. The number of hydrogen-bond donors (Lipinski definition) is 2. The summed E-state index contributed by atoms with van der Waals surface area (Å²) in [4.78, 5) is 6.01. The first-order chi connectivity index (χ1) is 7.33. The molecule has 0 saturated carbocycles. The lowest BCUT2D eigenvalue weighted by atomic mass is 10.3. The molecule has 0 bridgehead atoms. The van der Waals surface area contributed by atoms with Gasteiger partial charge in [-0.1, -0.05) is 13.0 Å². The molecule has 15 heavy (non-hydrogen) atoms. The number of β-amino-alcohol motifs (C(OH)–C–C–N with tert-alkyl or cyclic N) is 1. The van der Waals surface area contributed by atoms with Gasteiger partial charge < -0.3 is 5.11 Å². The summed E-state index contributed by atoms with van der Waals surface area (Å²) in [5.74, 6) is 0. The number of nitrogens with zero attached hydrogens (tertiary/aromatic N) is 2. The highest BCUT2D eigenvalue weighted by Gasteiger charge is 2.13. The van der Waals surface area contributed by atoms with Crippen molar-refractivity contribution < 1.29 is 5.11 Å². The second kappa shape index (κ2) is 7.34. The molecule has 0 spiro atoms. The van der Waals surface area contributed by atoms with Gasteiger partial charge in [0.1, 0.15) is 6.23 Å². The van der Waals surface area contributed by atoms with Crippen molar-refractivity contribution in [2.24, 2.45) is 0 Å². The van der Waals surface area contributed by atoms with Crippen LogP contribution in [0.25, 0.3) is 0 Å². The van der Waals surface area contributed by atoms with E-state index in [0.717, 1.165) is 26.2 Å². The van der Waals surface area contributed by atoms with E-state index in [0.29, 0.717) is 0 Å². The molecule has 0 amide bonds. The predicted octanol–water partition coefficient (Wildman–Crippen LogP) is 0.311. The molecule has 1 saturated heterocycles. The maximum atomic E-state index is 9.06. The molecule has 2 heterocycles. The second-order valence-corrected chi connectivity index (χ2v) is 3.39. The first-order valence-corrected chi connectivity index (χ1v) is 5.31. The lowest BCUT2D eigenvalue weighted by Crippen LogP contribution is -2.50. The summed E-state index contributed by atoms with van der Waals surface area (Å²) in [6.07, 6.45) is 3.19. The van der Waals surface area contributed by atoms with Gasteiger partial charge in [-0.25, -0.2) is 0 Å². The standard InChI is InChI=1S/C6H14N2O.C5H5N/c1-2-8-4-3-7-6(9)5-8;1-2-4-6-5-3-1/h6-7,9H,2-5H2,1H3;1-5H. The first kappa shape index (κ1) is 12.1. The van der Waals surface area contributed by atoms with E-state index in [2.05, 4.69) is 22.1 Å². The smallest absolute Gasteiger partial charge is 0.117 e. The molecular weight excluding hydrogens is 190 g/mol. The van der Waals surface area contributed by atoms with Crippen LogP contribution in [0.2, 0.25) is 0 Å². The van der Waals surface area contributed by atoms with E-state index in [9.17, 15) is 0 Å². The monoisotopic (exact) mass is 209 g/mol. The minimum Gasteiger partial charge on any atom is -0.377 e. The van der Waals surface area contributed by atoms with E-state index in [-0.39, 0.29) is 6.23 Å². The van der Waals surface area contributed by atoms with Crippen LogP contribution < -0.4 is 5.32 Å². The van der Waals surface area contributed by atoms with Crippen LogP contribution in [0.15, 0.2) is 30.6 Å². The molecule has 4 heteroatoms. The van der Waals surface area contributed by atoms with Gasteiger partial charge in [-0.3, -0.25) is 15.2 Å². The van der Waals surface area contributed by atoms with Crippen molar-refractivity contribution in [1.29, 1.82) is 0 Å². The predicted molar refractivity (Wildman–Crippen MR) is 60.4 cm³/mol. The van der Waals surface area contributed by atoms with Gasteiger partial charge in [0.15, 0.2) is 0 Å². The molecule has 1 atom stereocenters. The molecule has 0 aliphatic carbocycles. The highest BCUT2D eigenvalue weighted by atomic mass is 16.3. The highest BCUT2D eigenvalue weighted by Crippen LogP contribution is 1.94. The van der Waals surface area contributed by atoms with Gasteiger partial charge >= 0.3 is 0 Å². The van der Waals surface area contributed by atoms with Gasteiger partial charge in [0.25, 0.3) is 0 Å². The van der Waals surface area contributed by atoms with Crippen LogP contribution in [-0.4, -0.2) is 47.4 Å². The summed E-state index contributed by atoms with van der Waals surface area (Å²) < 4.78 is 0. The lowest BCUT2D eigenvalue weighted by Gasteiger charge is -2.29. The summed E-state index contributed by atoms with van der Waals surface area (Å²) in [5.41, 5.74) is 0. The number of likely N-dealkylation sites (N-methyl/N-ethyl adjacent to an activating group) is 1. The minimum atomic E-state index is -0.307. The quantitative estimate of drug-likeness (QED) is 0.699. The van der Waals surface area contributed by atoms with Crippen molar-refractivity contribution in [1.82, 2.24) is 15.2 Å². The van der Waals surface area contributed by atoms with E-state index in [4.69, 9.17) is 5.11 Å². The Labute approximate surface area is 90.9 Å². The summed E-state index contributed by atoms with van der Waals surface area (Å²) in [6, 6.07) is 5.72. The van der Waals surface area contributed by atoms with E-state index < -0.39 is 0 Å². The number of hydrogen-bond acceptors (Lipinski definition) is 4. The SMILES string of the molecule is CCN1CCNC(O)C1.c1ccncc1. The molecule has 84 valence electrons. The van der Waals surface area contributed by atoms with Gasteiger partial charge in [-0.2, -0.15) is 0 Å². The van der Waals surface area contributed by atoms with Gasteiger partial charge in [0, 0.05) is 32.0 Å². The van der Waals surface area contributed by atoms with Gasteiger partial charge in [-0.15, -0.1) is 0 Å². The number of aromatic nitrogens is 1. The third-order valence-corrected chi connectivity index (χ3v) is 2.25. The van der Waals surface area contributed by atoms with Crippen LogP contribution in [0.3, 0.4) is 0 Å². The van der Waals surface area contributed by atoms with Crippen molar-refractivity contribution >= 4 is 0 Å². The van der Waals surface area contributed by atoms with Crippen molar-refractivity contribution in [2.45, 2.75) is 13.2 Å². The average molecular weight is 209 g/mol. The Bertz CT molecular complexity index is 216. The second-order valence-electron chi connectivity index (χ2n) is 3.39. The fourth-order valence-electron chi connectivity index (χ4n) is 1.39. The van der Waals surface area contributed by atoms with E-state index in [1.807, 2.05) is 18.2 Å². The third kappa shape index (κ3) is 5.47. The molecule has 0 aromatic carbocycles. The molecule has 2 N–H and O–H groups in total. The Morgan fingerprint density at radius 2 is 2.13 bits per heavy atom. The molecule has 1 aliphatic heterocycles. The zero-order valence-corrected chi connectivity index (χ0v) is 9.13. The number of pyridine rings is 1. The molecule has 1 aliphatic rings. The zero-order valence-electron chi connectivity index (χ0n) is 9.13. The van der Waals surface area contributed by atoms with Crippen molar-refractivity contribution in [3.8, 4) is 0 Å². The Hall–Kier alpha value is -0.970. The van der Waals surface area contributed by atoms with Crippen LogP contribution in [0.4, 0.5) is 0 Å². The third-order valence-electron chi connectivity index (χ3n) is 2.25. The molecular formula is C11H19N3O. The molecule has 1 aromatic rings. The average Bonchev–Trinajstić information content (AvgIpc) is 2.32. The van der Waals surface area contributed by atoms with E-state index in [1.54, 1.807) is 12.4 Å². The van der Waals surface area contributed by atoms with E-state index in [1.165, 1.54) is 0 Å². The van der Waals surface area contributed by atoms with Crippen LogP contribution in [0.5, 0.6) is 0 Å². The number of aliphatic hydroxyl groups is 1. The van der Waals surface area contributed by atoms with Gasteiger partial charge in [0.2, 0.25) is 0 Å². The number of piperazine rings is 1. The van der Waals surface area contributed by atoms with Crippen molar-refractivity contribution in [2.75, 3.05) is 26.2 Å². The molecule has 1 unspecified atom stereocenters. The van der Waals surface area contributed by atoms with E-state index >= 15 is 0 Å². The highest BCUT2D eigenvalue weighted by molar-refractivity contribution is 4.88. The normalized spacial score (nSPS) is 21.6. The number of aliphatic hydroxyl groups excluding tert-OH is 1. The maximum Gasteiger partial charge on any atom is 0.117 e. The molecule has 0 radical (unpaired) electrons. The number of rotatable bonds is 1. The Kier molecular flexibility index (Phi) is 5.92. The van der Waals surface area contributed by atoms with Crippen LogP contribution in [0, 0.1) is 0 Å². The van der Waals surface area contributed by atoms with Crippen molar-refractivity contribution in [3.63, 3.8) is 0 Å². The van der Waals surface area contributed by atoms with Crippen LogP contribution in [0.1, 0.15) is 6.92 Å². The van der Waals surface area contributed by atoms with Gasteiger partial charge in [-0.05, 0) is 18.7 Å². The van der Waals surface area contributed by atoms with Gasteiger partial charge in [0.05, 0.1) is 0 Å². The minimum absolute atomic E-state index is 0.307. The summed E-state index contributed by atoms with van der Waals surface area (Å²) in [6.45, 7) is 5.90. The lowest BCUT2D eigenvalue weighted by molar-refractivity contribution is 0.0572. The molecule has 2 rings (SSSR count). The fraction of sp³-hybridized carbons (Fsp3) is 0.545. The summed E-state index contributed by atoms with van der Waals surface area (Å²) >= 11 is 0. The Morgan fingerprint density at radius 3 is 2.47 bits per heavy atom. The largest absolute Gasteiger partial charge is 0.377 e. The Balaban J connectivity index is 0.000000162. The molecule has 1 fully saturated rings. The summed E-state index contributed by atoms with van der Waals surface area (Å²) in [7, 11) is 0. The first-order valence-electron chi connectivity index (χ1n) is 5.31. The Morgan fingerprint density at radius 1 is 1.40 bits per heavy atom. The molecule has 4 nitrogen and oxygen atoms in total. The van der Waals surface area contributed by atoms with Crippen LogP contribution in [-0.2, 0) is 0 Å². The topological polar surface area (TPSA) is 48.4 Å². The number of nitrogens with one attached hydrogen (secondary N) is 1. The van der Waals surface area contributed by atoms with Crippen molar-refractivity contribution in [3.05, 3.63) is 30.6 Å². The zero-order chi connectivity index (χ0) is 10.9. The fourth-order valence-corrected chi connectivity index (χ4v) is 1.39. The van der Waals surface area contributed by atoms with Crippen LogP contribution >= 0.6 is 0 Å².